The maximum Gasteiger partial charge on any atom is 0.163 e. The molecule has 0 saturated heterocycles. The summed E-state index contributed by atoms with van der Waals surface area (Å²) in [6.07, 6.45) is 0.903. The lowest BCUT2D eigenvalue weighted by Gasteiger charge is -2.31. The molecule has 0 bridgehead atoms. The van der Waals surface area contributed by atoms with Gasteiger partial charge in [0.05, 0.1) is 17.7 Å². The van der Waals surface area contributed by atoms with Gasteiger partial charge in [-0.3, -0.25) is 5.01 Å². The number of nitrogens with two attached hydrogens (primary N) is 2. The molecule has 6 heteroatoms. The molecule has 4 rings (SSSR count). The van der Waals surface area contributed by atoms with Crippen LogP contribution in [0.2, 0.25) is 5.02 Å². The molecule has 0 amide bonds. The summed E-state index contributed by atoms with van der Waals surface area (Å²) in [7, 11) is 0. The number of hydrogen-bond donors (Lipinski definition) is 2. The number of aryl methyl sites for hydroxylation is 1. The zero-order valence-corrected chi connectivity index (χ0v) is 15.9. The maximum absolute atomic E-state index is 6.39. The molecule has 5 nitrogen and oxygen atoms in total. The van der Waals surface area contributed by atoms with Gasteiger partial charge in [0.15, 0.2) is 5.84 Å². The van der Waals surface area contributed by atoms with Crippen molar-refractivity contribution < 1.29 is 0 Å². The van der Waals surface area contributed by atoms with Crippen molar-refractivity contribution in [2.24, 2.45) is 16.8 Å². The van der Waals surface area contributed by atoms with Crippen molar-refractivity contribution in [1.29, 1.82) is 0 Å². The number of aromatic nitrogens is 1. The van der Waals surface area contributed by atoms with Gasteiger partial charge in [0, 0.05) is 16.1 Å². The molecule has 0 unspecified atom stereocenters. The van der Waals surface area contributed by atoms with Gasteiger partial charge in [-0.15, -0.1) is 0 Å². The fraction of sp³-hybridized carbons (Fsp3) is 0.250. The lowest BCUT2D eigenvalue weighted by Crippen LogP contribution is -2.44. The smallest absolute Gasteiger partial charge is 0.163 e. The standard InChI is InChI=1S/C20H22ClN5/c1-4-15-12(3)19-20-16(18(15)13-5-7-14(21)8-6-13)9-11(2)25(20)10-17(24-22)26(19)23/h5-9H,4,10,22-23H2,1-3H3/b24-17-. The van der Waals surface area contributed by atoms with Crippen LogP contribution in [0.15, 0.2) is 35.4 Å². The number of hydrogen-bond acceptors (Lipinski definition) is 3. The first-order valence-electron chi connectivity index (χ1n) is 8.70. The highest BCUT2D eigenvalue weighted by molar-refractivity contribution is 6.30. The Kier molecular flexibility index (Phi) is 3.93. The van der Waals surface area contributed by atoms with E-state index in [9.17, 15) is 0 Å². The van der Waals surface area contributed by atoms with Gasteiger partial charge >= 0.3 is 0 Å². The lowest BCUT2D eigenvalue weighted by atomic mass is 9.89. The monoisotopic (exact) mass is 367 g/mol. The number of hydrazone groups is 1. The van der Waals surface area contributed by atoms with Crippen molar-refractivity contribution in [3.63, 3.8) is 0 Å². The second-order valence-corrected chi connectivity index (χ2v) is 7.17. The summed E-state index contributed by atoms with van der Waals surface area (Å²) < 4.78 is 2.24. The van der Waals surface area contributed by atoms with Crippen molar-refractivity contribution in [3.05, 3.63) is 52.2 Å². The Morgan fingerprint density at radius 2 is 1.88 bits per heavy atom. The van der Waals surface area contributed by atoms with E-state index in [-0.39, 0.29) is 0 Å². The molecule has 1 aliphatic rings. The van der Waals surface area contributed by atoms with E-state index in [1.807, 2.05) is 12.1 Å². The molecule has 26 heavy (non-hydrogen) atoms. The average molecular weight is 368 g/mol. The third kappa shape index (κ3) is 2.24. The van der Waals surface area contributed by atoms with Crippen LogP contribution in [0.1, 0.15) is 23.7 Å². The topological polar surface area (TPSA) is 72.6 Å². The number of benzene rings is 2. The normalized spacial score (nSPS) is 15.3. The maximum atomic E-state index is 6.39. The molecular weight excluding hydrogens is 346 g/mol. The molecule has 2 aromatic carbocycles. The van der Waals surface area contributed by atoms with Crippen molar-refractivity contribution in [2.75, 3.05) is 5.01 Å². The highest BCUT2D eigenvalue weighted by atomic mass is 35.5. The Hall–Kier alpha value is -2.50. The van der Waals surface area contributed by atoms with Gasteiger partial charge in [0.1, 0.15) is 0 Å². The second kappa shape index (κ2) is 6.04. The van der Waals surface area contributed by atoms with Crippen LogP contribution in [0.3, 0.4) is 0 Å². The summed E-state index contributed by atoms with van der Waals surface area (Å²) in [6, 6.07) is 10.3. The molecule has 134 valence electrons. The average Bonchev–Trinajstić information content (AvgIpc) is 2.95. The number of hydrazine groups is 1. The highest BCUT2D eigenvalue weighted by Crippen LogP contribution is 2.44. The van der Waals surface area contributed by atoms with Gasteiger partial charge in [-0.05, 0) is 60.7 Å². The third-order valence-corrected chi connectivity index (χ3v) is 5.61. The van der Waals surface area contributed by atoms with Crippen LogP contribution in [0.25, 0.3) is 22.0 Å². The Morgan fingerprint density at radius 3 is 2.50 bits per heavy atom. The van der Waals surface area contributed by atoms with Crippen molar-refractivity contribution in [1.82, 2.24) is 4.57 Å². The number of halogens is 1. The molecule has 3 aromatic rings. The summed E-state index contributed by atoms with van der Waals surface area (Å²) in [5, 5.41) is 7.49. The minimum atomic E-state index is 0.570. The van der Waals surface area contributed by atoms with Crippen LogP contribution in [-0.2, 0) is 13.0 Å². The van der Waals surface area contributed by atoms with E-state index < -0.39 is 0 Å². The highest BCUT2D eigenvalue weighted by Gasteiger charge is 2.29. The van der Waals surface area contributed by atoms with Gasteiger partial charge in [0.25, 0.3) is 0 Å². The van der Waals surface area contributed by atoms with Gasteiger partial charge in [-0.1, -0.05) is 30.7 Å². The molecule has 0 saturated carbocycles. The van der Waals surface area contributed by atoms with Crippen LogP contribution < -0.4 is 16.7 Å². The molecule has 1 aliphatic heterocycles. The first-order valence-corrected chi connectivity index (χ1v) is 9.08. The SMILES string of the molecule is CCc1c(C)c2c3c(cc(C)n3C/C(=N/N)N2N)c1-c1ccc(Cl)cc1. The minimum Gasteiger partial charge on any atom is -0.335 e. The van der Waals surface area contributed by atoms with E-state index >= 15 is 0 Å². The van der Waals surface area contributed by atoms with Gasteiger partial charge in [-0.25, -0.2) is 5.84 Å². The predicted molar refractivity (Wildman–Crippen MR) is 110 cm³/mol. The summed E-state index contributed by atoms with van der Waals surface area (Å²) in [6.45, 7) is 6.97. The lowest BCUT2D eigenvalue weighted by molar-refractivity contribution is 0.809. The van der Waals surface area contributed by atoms with Crippen LogP contribution in [0.5, 0.6) is 0 Å². The van der Waals surface area contributed by atoms with Gasteiger partial charge in [0.2, 0.25) is 0 Å². The van der Waals surface area contributed by atoms with E-state index in [1.165, 1.54) is 27.8 Å². The summed E-state index contributed by atoms with van der Waals surface area (Å²) in [5.74, 6) is 12.6. The quantitative estimate of drug-likeness (QED) is 0.529. The van der Waals surface area contributed by atoms with E-state index in [0.717, 1.165) is 28.2 Å². The number of anilines is 1. The van der Waals surface area contributed by atoms with E-state index in [0.29, 0.717) is 12.4 Å². The Labute approximate surface area is 157 Å². The first-order chi connectivity index (χ1) is 12.5. The summed E-state index contributed by atoms with van der Waals surface area (Å²) >= 11 is 6.11. The van der Waals surface area contributed by atoms with Crippen LogP contribution in [0.4, 0.5) is 5.69 Å². The zero-order valence-electron chi connectivity index (χ0n) is 15.2. The Bertz CT molecular complexity index is 1050. The molecular formula is C20H22ClN5. The van der Waals surface area contributed by atoms with Crippen LogP contribution in [0, 0.1) is 13.8 Å². The molecule has 0 atom stereocenters. The summed E-state index contributed by atoms with van der Waals surface area (Å²) in [5.41, 5.74) is 8.14. The molecule has 0 spiro atoms. The largest absolute Gasteiger partial charge is 0.335 e. The molecule has 0 radical (unpaired) electrons. The third-order valence-electron chi connectivity index (χ3n) is 5.36. The fourth-order valence-corrected chi connectivity index (χ4v) is 4.26. The minimum absolute atomic E-state index is 0.570. The molecule has 0 aliphatic carbocycles. The molecule has 2 heterocycles. The number of rotatable bonds is 2. The van der Waals surface area contributed by atoms with E-state index in [2.05, 4.69) is 48.6 Å². The van der Waals surface area contributed by atoms with Crippen LogP contribution in [-0.4, -0.2) is 10.4 Å². The molecule has 4 N–H and O–H groups in total. The fourth-order valence-electron chi connectivity index (χ4n) is 4.13. The summed E-state index contributed by atoms with van der Waals surface area (Å²) in [4.78, 5) is 0. The van der Waals surface area contributed by atoms with Gasteiger partial charge in [-0.2, -0.15) is 5.10 Å². The Morgan fingerprint density at radius 1 is 1.19 bits per heavy atom. The van der Waals surface area contributed by atoms with Crippen molar-refractivity contribution in [2.45, 2.75) is 33.7 Å². The van der Waals surface area contributed by atoms with Crippen molar-refractivity contribution in [3.8, 4) is 11.1 Å². The molecule has 0 fully saturated rings. The first kappa shape index (κ1) is 16.9. The number of amidine groups is 1. The predicted octanol–water partition coefficient (Wildman–Crippen LogP) is 4.11. The van der Waals surface area contributed by atoms with Crippen LogP contribution >= 0.6 is 11.6 Å². The van der Waals surface area contributed by atoms with Crippen molar-refractivity contribution >= 4 is 34.0 Å². The molecule has 1 aromatic heterocycles. The Balaban J connectivity index is 2.16. The zero-order chi connectivity index (χ0) is 18.6. The van der Waals surface area contributed by atoms with E-state index in [4.69, 9.17) is 23.3 Å². The second-order valence-electron chi connectivity index (χ2n) is 6.74. The van der Waals surface area contributed by atoms with Gasteiger partial charge < -0.3 is 10.4 Å². The van der Waals surface area contributed by atoms with E-state index in [1.54, 1.807) is 5.01 Å². The number of nitrogens with zero attached hydrogens (tertiary/aromatic N) is 3.